The summed E-state index contributed by atoms with van der Waals surface area (Å²) in [6.07, 6.45) is 16.5. The molecule has 0 aliphatic heterocycles. The summed E-state index contributed by atoms with van der Waals surface area (Å²) in [4.78, 5) is 0. The van der Waals surface area contributed by atoms with Crippen LogP contribution in [0.1, 0.15) is 115 Å². The summed E-state index contributed by atoms with van der Waals surface area (Å²) >= 11 is 0. The van der Waals surface area contributed by atoms with Gasteiger partial charge in [-0.3, -0.25) is 0 Å². The molecule has 1 fully saturated rings. The van der Waals surface area contributed by atoms with Crippen molar-refractivity contribution in [2.75, 3.05) is 0 Å². The van der Waals surface area contributed by atoms with Gasteiger partial charge < -0.3 is 0 Å². The molecule has 0 amide bonds. The second-order valence-corrected chi connectivity index (χ2v) is 14.9. The molecule has 1 aliphatic carbocycles. The standard InChI is InChI=1S/C45H64/c1-10-34(4)27-43(32-42-23-21-35(5)22-24-42)38(8)28-45(31-41-19-15-12-16-20-41)39(9)29-44(30-40-17-13-11-14-18-40)37(7)26-36(6)25-33(2)3/h12,15-16,19-24,36,40,43-45H,2,4,7-11,13-14,17-18,25-32H2,1,3,5-6H3. The van der Waals surface area contributed by atoms with Crippen molar-refractivity contribution < 1.29 is 0 Å². The summed E-state index contributed by atoms with van der Waals surface area (Å²) in [5.74, 6) is 2.67. The molecule has 0 heterocycles. The van der Waals surface area contributed by atoms with Crippen molar-refractivity contribution in [1.29, 1.82) is 0 Å². The normalized spacial score (nSPS) is 16.4. The summed E-state index contributed by atoms with van der Waals surface area (Å²) in [5.41, 5.74) is 10.9. The monoisotopic (exact) mass is 605 g/mol. The van der Waals surface area contributed by atoms with Crippen LogP contribution >= 0.6 is 0 Å². The van der Waals surface area contributed by atoms with Gasteiger partial charge in [-0.2, -0.15) is 0 Å². The lowest BCUT2D eigenvalue weighted by molar-refractivity contribution is 0.294. The Kier molecular flexibility index (Phi) is 15.4. The molecule has 244 valence electrons. The first kappa shape index (κ1) is 36.6. The number of hydrogen-bond donors (Lipinski definition) is 0. The van der Waals surface area contributed by atoms with Crippen LogP contribution < -0.4 is 0 Å². The smallest absolute Gasteiger partial charge is 0.0128 e. The fraction of sp³-hybridized carbons (Fsp3) is 0.511. The Morgan fingerprint density at radius 2 is 1.20 bits per heavy atom. The van der Waals surface area contributed by atoms with E-state index < -0.39 is 0 Å². The first-order valence-electron chi connectivity index (χ1n) is 18.0. The average Bonchev–Trinajstić information content (AvgIpc) is 3.01. The van der Waals surface area contributed by atoms with Crippen LogP contribution in [0.4, 0.5) is 0 Å². The minimum absolute atomic E-state index is 0.366. The number of rotatable bonds is 20. The molecule has 0 nitrogen and oxygen atoms in total. The zero-order valence-corrected chi connectivity index (χ0v) is 29.5. The van der Waals surface area contributed by atoms with Crippen LogP contribution in [-0.4, -0.2) is 0 Å². The largest absolute Gasteiger partial charge is 0.100 e. The number of allylic oxidation sites excluding steroid dienone is 5. The molecule has 1 aliphatic rings. The molecule has 0 aromatic heterocycles. The molecule has 0 heteroatoms. The summed E-state index contributed by atoms with van der Waals surface area (Å²) in [5, 5.41) is 0. The minimum Gasteiger partial charge on any atom is -0.100 e. The van der Waals surface area contributed by atoms with Crippen molar-refractivity contribution >= 4 is 0 Å². The first-order chi connectivity index (χ1) is 21.5. The lowest BCUT2D eigenvalue weighted by Crippen LogP contribution is -2.19. The summed E-state index contributed by atoms with van der Waals surface area (Å²) in [7, 11) is 0. The predicted octanol–water partition coefficient (Wildman–Crippen LogP) is 13.4. The van der Waals surface area contributed by atoms with Crippen molar-refractivity contribution in [2.45, 2.75) is 118 Å². The Balaban J connectivity index is 1.84. The molecule has 0 spiro atoms. The molecule has 2 aromatic carbocycles. The van der Waals surface area contributed by atoms with Crippen LogP contribution in [-0.2, 0) is 12.8 Å². The predicted molar refractivity (Wildman–Crippen MR) is 201 cm³/mol. The third-order valence-corrected chi connectivity index (χ3v) is 10.4. The summed E-state index contributed by atoms with van der Waals surface area (Å²) in [6, 6.07) is 20.1. The van der Waals surface area contributed by atoms with Crippen LogP contribution in [0.5, 0.6) is 0 Å². The third kappa shape index (κ3) is 13.2. The topological polar surface area (TPSA) is 0 Å². The van der Waals surface area contributed by atoms with Crippen LogP contribution in [0.3, 0.4) is 0 Å². The van der Waals surface area contributed by atoms with E-state index >= 15 is 0 Å². The molecule has 45 heavy (non-hydrogen) atoms. The van der Waals surface area contributed by atoms with E-state index in [0.717, 1.165) is 57.3 Å². The van der Waals surface area contributed by atoms with E-state index in [9.17, 15) is 0 Å². The molecular formula is C45H64. The van der Waals surface area contributed by atoms with E-state index in [2.05, 4.69) is 95.5 Å². The molecule has 0 N–H and O–H groups in total. The van der Waals surface area contributed by atoms with Gasteiger partial charge in [-0.05, 0) is 112 Å². The SMILES string of the molecule is C=C(C)CC(C)CC(=C)C(CC(=C)C(CC(=C)C(CC(=C)CC)Cc1ccc(C)cc1)Cc1ccccc1)CC1CCCCC1. The van der Waals surface area contributed by atoms with Crippen LogP contribution in [0.2, 0.25) is 0 Å². The van der Waals surface area contributed by atoms with Gasteiger partial charge in [-0.25, -0.2) is 0 Å². The Hall–Kier alpha value is -2.86. The van der Waals surface area contributed by atoms with E-state index in [4.69, 9.17) is 19.7 Å². The van der Waals surface area contributed by atoms with Gasteiger partial charge in [0.05, 0.1) is 0 Å². The van der Waals surface area contributed by atoms with Gasteiger partial charge >= 0.3 is 0 Å². The zero-order valence-electron chi connectivity index (χ0n) is 29.5. The molecule has 4 unspecified atom stereocenters. The number of hydrogen-bond acceptors (Lipinski definition) is 0. The molecule has 0 bridgehead atoms. The number of benzene rings is 2. The van der Waals surface area contributed by atoms with Crippen molar-refractivity contribution in [2.24, 2.45) is 29.6 Å². The molecule has 3 rings (SSSR count). The summed E-state index contributed by atoms with van der Waals surface area (Å²) in [6.45, 7) is 31.9. The second kappa shape index (κ2) is 19.0. The molecule has 0 saturated heterocycles. The Labute approximate surface area is 278 Å². The Morgan fingerprint density at radius 3 is 1.78 bits per heavy atom. The van der Waals surface area contributed by atoms with E-state index in [0.29, 0.717) is 23.7 Å². The molecule has 2 aromatic rings. The summed E-state index contributed by atoms with van der Waals surface area (Å²) < 4.78 is 0. The van der Waals surface area contributed by atoms with E-state index in [1.165, 1.54) is 83.1 Å². The molecule has 1 saturated carbocycles. The van der Waals surface area contributed by atoms with Gasteiger partial charge in [-0.15, -0.1) is 6.58 Å². The molecule has 0 radical (unpaired) electrons. The van der Waals surface area contributed by atoms with Gasteiger partial charge in [0.2, 0.25) is 0 Å². The molecular weight excluding hydrogens is 540 g/mol. The van der Waals surface area contributed by atoms with Gasteiger partial charge in [0.15, 0.2) is 0 Å². The van der Waals surface area contributed by atoms with Gasteiger partial charge in [-0.1, -0.05) is 160 Å². The van der Waals surface area contributed by atoms with Crippen LogP contribution in [0, 0.1) is 36.5 Å². The van der Waals surface area contributed by atoms with E-state index in [1.54, 1.807) is 0 Å². The van der Waals surface area contributed by atoms with Crippen molar-refractivity contribution in [3.8, 4) is 0 Å². The maximum absolute atomic E-state index is 4.86. The fourth-order valence-electron chi connectivity index (χ4n) is 7.59. The van der Waals surface area contributed by atoms with Crippen molar-refractivity contribution in [1.82, 2.24) is 0 Å². The van der Waals surface area contributed by atoms with Crippen molar-refractivity contribution in [3.05, 3.63) is 132 Å². The molecule has 4 atom stereocenters. The Bertz CT molecular complexity index is 1230. The third-order valence-electron chi connectivity index (χ3n) is 10.4. The van der Waals surface area contributed by atoms with E-state index in [-0.39, 0.29) is 0 Å². The van der Waals surface area contributed by atoms with Crippen molar-refractivity contribution in [3.63, 3.8) is 0 Å². The highest BCUT2D eigenvalue weighted by molar-refractivity contribution is 5.26. The van der Waals surface area contributed by atoms with Crippen LogP contribution in [0.25, 0.3) is 0 Å². The van der Waals surface area contributed by atoms with Gasteiger partial charge in [0.1, 0.15) is 0 Å². The first-order valence-corrected chi connectivity index (χ1v) is 18.0. The highest BCUT2D eigenvalue weighted by Crippen LogP contribution is 2.39. The highest BCUT2D eigenvalue weighted by atomic mass is 14.3. The maximum atomic E-state index is 4.86. The van der Waals surface area contributed by atoms with E-state index in [1.807, 2.05) is 0 Å². The fourth-order valence-corrected chi connectivity index (χ4v) is 7.59. The quantitative estimate of drug-likeness (QED) is 0.132. The van der Waals surface area contributed by atoms with Gasteiger partial charge in [0.25, 0.3) is 0 Å². The average molecular weight is 605 g/mol. The number of aryl methyl sites for hydroxylation is 1. The highest BCUT2D eigenvalue weighted by Gasteiger charge is 2.26. The maximum Gasteiger partial charge on any atom is -0.0128 e. The van der Waals surface area contributed by atoms with Crippen LogP contribution in [0.15, 0.2) is 115 Å². The minimum atomic E-state index is 0.366. The lowest BCUT2D eigenvalue weighted by atomic mass is 9.73. The zero-order chi connectivity index (χ0) is 32.8. The lowest BCUT2D eigenvalue weighted by Gasteiger charge is -2.32. The second-order valence-electron chi connectivity index (χ2n) is 14.9. The Morgan fingerprint density at radius 1 is 0.667 bits per heavy atom. The van der Waals surface area contributed by atoms with Gasteiger partial charge in [0, 0.05) is 0 Å².